The van der Waals surface area contributed by atoms with Crippen LogP contribution in [0.4, 0.5) is 26.3 Å². The maximum Gasteiger partial charge on any atom is 0.422 e. The number of methoxy groups -OCH3 is 5. The van der Waals surface area contributed by atoms with Crippen LogP contribution in [-0.4, -0.2) is 208 Å². The zero-order valence-corrected chi connectivity index (χ0v) is 91.5. The summed E-state index contributed by atoms with van der Waals surface area (Å²) in [6, 6.07) is 87.6. The highest BCUT2D eigenvalue weighted by Crippen LogP contribution is 2.44. The number of benzene rings is 14. The predicted molar refractivity (Wildman–Crippen MR) is 609 cm³/mol. The minimum atomic E-state index is -4.31. The fraction of sp³-hybridized carbons (Fsp3) is 0.421. The van der Waals surface area contributed by atoms with Crippen molar-refractivity contribution >= 4 is 152 Å². The fourth-order valence-corrected chi connectivity index (χ4v) is 37.2. The van der Waals surface area contributed by atoms with Crippen LogP contribution in [-0.2, 0) is 105 Å². The van der Waals surface area contributed by atoms with Gasteiger partial charge >= 0.3 is 12.4 Å². The quantitative estimate of drug-likeness (QED) is 0.0172. The van der Waals surface area contributed by atoms with Crippen LogP contribution in [0.5, 0.6) is 40.2 Å². The minimum absolute atomic E-state index is 0.210. The van der Waals surface area contributed by atoms with Gasteiger partial charge in [0.1, 0.15) is 141 Å². The largest absolute Gasteiger partial charge is 0.491 e. The van der Waals surface area contributed by atoms with Gasteiger partial charge in [-0.05, 0) is 243 Å². The topological polar surface area (TPSA) is 120 Å². The SMILES string of the molecule is COCCOCCOc1ccc([S+]2CCCCC2)c2ccccc12.COCCOc1ccc([S+]2CCCC2)c2ccccc12.COCCOc1ccc([S+]2CCCCC2)c2ccccc12.COCOc1ccc([S+]2CCCC2)c2ccccc12.COCOc1ccc([S+]2CCCCC2)c2ccccc12.FC(F)(F)COc1ccc([S+]2CCCC2)c2ccccc12.FC(F)(F)COc1ccc([S+]2CCCCC2)c2ccccc12. The minimum Gasteiger partial charge on any atom is -0.491 e. The molecular weight excluding hydrogens is 2000 g/mol. The Morgan fingerprint density at radius 3 is 0.531 bits per heavy atom. The summed E-state index contributed by atoms with van der Waals surface area (Å²) in [6.07, 6.45) is 15.6. The Morgan fingerprint density at radius 2 is 0.340 bits per heavy atom. The smallest absolute Gasteiger partial charge is 0.422 e. The summed E-state index contributed by atoms with van der Waals surface area (Å²) in [5, 5.41) is 16.5. The molecule has 14 aromatic rings. The van der Waals surface area contributed by atoms with Crippen molar-refractivity contribution in [2.75, 3.05) is 196 Å². The molecular formula is C121H145F6O13S7+7. The number of fused-ring (bicyclic) bond motifs is 7. The number of rotatable bonds is 32. The molecule has 0 aromatic heterocycles. The van der Waals surface area contributed by atoms with Gasteiger partial charge in [0.2, 0.25) is 0 Å². The Hall–Kier alpha value is -8.71. The molecule has 7 aliphatic heterocycles. The summed E-state index contributed by atoms with van der Waals surface area (Å²) < 4.78 is 144. The van der Waals surface area contributed by atoms with E-state index in [4.69, 9.17) is 61.6 Å². The Morgan fingerprint density at radius 1 is 0.177 bits per heavy atom. The molecule has 784 valence electrons. The molecule has 0 amide bonds. The molecule has 0 atom stereocenters. The van der Waals surface area contributed by atoms with Gasteiger partial charge in [-0.3, -0.25) is 0 Å². The number of halogens is 6. The molecule has 0 radical (unpaired) electrons. The van der Waals surface area contributed by atoms with Crippen molar-refractivity contribution in [1.29, 1.82) is 0 Å². The van der Waals surface area contributed by atoms with E-state index >= 15 is 0 Å². The first-order chi connectivity index (χ1) is 72.1. The average Bonchev–Trinajstić information content (AvgIpc) is 1.68. The van der Waals surface area contributed by atoms with E-state index in [1.165, 1.54) is 284 Å². The van der Waals surface area contributed by atoms with Gasteiger partial charge < -0.3 is 61.6 Å². The summed E-state index contributed by atoms with van der Waals surface area (Å²) >= 11 is 0. The van der Waals surface area contributed by atoms with E-state index in [0.29, 0.717) is 132 Å². The molecule has 13 nitrogen and oxygen atoms in total. The van der Waals surface area contributed by atoms with E-state index < -0.39 is 25.6 Å². The van der Waals surface area contributed by atoms with E-state index in [-0.39, 0.29) is 21.8 Å². The lowest BCUT2D eigenvalue weighted by Crippen LogP contribution is -2.20. The molecule has 0 N–H and O–H groups in total. The molecule has 7 aliphatic rings. The van der Waals surface area contributed by atoms with Crippen LogP contribution in [0.15, 0.2) is 289 Å². The van der Waals surface area contributed by atoms with E-state index in [2.05, 4.69) is 182 Å². The van der Waals surface area contributed by atoms with Crippen LogP contribution in [0.3, 0.4) is 0 Å². The highest BCUT2D eigenvalue weighted by molar-refractivity contribution is 7.99. The van der Waals surface area contributed by atoms with E-state index in [0.717, 1.165) is 50.3 Å². The van der Waals surface area contributed by atoms with Crippen molar-refractivity contribution in [2.24, 2.45) is 0 Å². The first kappa shape index (κ1) is 112. The lowest BCUT2D eigenvalue weighted by atomic mass is 10.1. The van der Waals surface area contributed by atoms with Gasteiger partial charge in [0.05, 0.1) is 33.0 Å². The highest BCUT2D eigenvalue weighted by Gasteiger charge is 2.38. The van der Waals surface area contributed by atoms with E-state index in [9.17, 15) is 26.3 Å². The second-order valence-corrected chi connectivity index (χ2v) is 52.7. The Bertz CT molecular complexity index is 6380. The van der Waals surface area contributed by atoms with Crippen LogP contribution in [0.1, 0.15) is 116 Å². The Labute approximate surface area is 885 Å². The van der Waals surface area contributed by atoms with Gasteiger partial charge in [0.25, 0.3) is 0 Å². The number of ether oxygens (including phenoxy) is 13. The van der Waals surface area contributed by atoms with Gasteiger partial charge in [-0.25, -0.2) is 0 Å². The average molecular weight is 2150 g/mol. The maximum absolute atomic E-state index is 12.4. The Balaban J connectivity index is 0.000000129. The molecule has 26 heteroatoms. The zero-order valence-electron chi connectivity index (χ0n) is 85.8. The molecule has 14 aromatic carbocycles. The van der Waals surface area contributed by atoms with Crippen molar-refractivity contribution in [3.05, 3.63) is 255 Å². The van der Waals surface area contributed by atoms with E-state index in [1.54, 1.807) is 47.7 Å². The molecule has 147 heavy (non-hydrogen) atoms. The predicted octanol–water partition coefficient (Wildman–Crippen LogP) is 28.8. The van der Waals surface area contributed by atoms with Crippen molar-refractivity contribution in [3.8, 4) is 40.2 Å². The van der Waals surface area contributed by atoms with Crippen LogP contribution in [0.2, 0.25) is 0 Å². The lowest BCUT2D eigenvalue weighted by molar-refractivity contribution is -0.153. The second-order valence-electron chi connectivity index (χ2n) is 37.0. The van der Waals surface area contributed by atoms with Gasteiger partial charge in [0, 0.05) is 187 Å². The third-order valence-corrected chi connectivity index (χ3v) is 44.5. The molecule has 0 spiro atoms. The molecule has 7 heterocycles. The molecule has 7 saturated heterocycles. The third kappa shape index (κ3) is 32.4. The second kappa shape index (κ2) is 59.3. The molecule has 0 unspecified atom stereocenters. The maximum atomic E-state index is 12.4. The van der Waals surface area contributed by atoms with Gasteiger partial charge in [-0.15, -0.1) is 0 Å². The van der Waals surface area contributed by atoms with Crippen molar-refractivity contribution in [3.63, 3.8) is 0 Å². The summed E-state index contributed by atoms with van der Waals surface area (Å²) in [5.41, 5.74) is 0. The normalized spacial score (nSPS) is 16.2. The van der Waals surface area contributed by atoms with Crippen LogP contribution in [0.25, 0.3) is 75.4 Å². The number of hydrogen-bond donors (Lipinski definition) is 0. The van der Waals surface area contributed by atoms with Crippen LogP contribution < -0.4 is 33.2 Å². The number of hydrogen-bond acceptors (Lipinski definition) is 13. The van der Waals surface area contributed by atoms with Crippen molar-refractivity contribution in [2.45, 2.75) is 162 Å². The summed E-state index contributed by atoms with van der Waals surface area (Å²) in [4.78, 5) is 10.1. The van der Waals surface area contributed by atoms with Gasteiger partial charge in [0.15, 0.2) is 61.1 Å². The van der Waals surface area contributed by atoms with Crippen LogP contribution in [0, 0.1) is 0 Å². The van der Waals surface area contributed by atoms with Gasteiger partial charge in [-0.2, -0.15) is 26.3 Å². The standard InChI is InChI=1S/C20H27O3S.C18H23O2S.C17H18F3OS.2C17H21O2S.C16H16F3OS.C16H19O2S/c1-21-11-12-22-13-14-23-19-9-10-20(24-15-5-2-6-16-24)18-8-4-3-7-17(18)19;1-19-11-12-20-17-9-10-18(21-13-5-2-6-14-21)16-8-4-3-7-15(16)17;18-17(19,20)12-21-15-8-9-16(22-10-4-1-5-11-22)14-7-3-2-6-13(14)15;1-18-13-19-16-9-10-17(20-11-5-2-6-12-20)15-8-4-3-7-14(15)16;1-18-10-11-19-16-8-9-17(20-12-4-5-13-20)15-7-3-2-6-14(15)16;17-16(18,19)11-20-14-7-8-15(21-9-3-4-10-21)13-6-2-1-5-12(13)14;1-17-12-18-15-8-9-16(19-10-4-5-11-19)14-7-3-2-6-13(14)15/h3-4,7-10H,2,5-6,11-16H2,1H3;3-4,7-10H,2,5-6,11-14H2,1H3;2-3,6-9H,1,4-5,10-12H2;3-4,7-10H,2,5-6,11-13H2,1H3;2-3,6-9H,4-5,10-13H2,1H3;1-2,5-8H,3-4,9-11H2;2-3,6-9H,4-5,10-12H2,1H3/q7*+1. The number of alkyl halides is 6. The Kier molecular flexibility index (Phi) is 45.4. The van der Waals surface area contributed by atoms with Crippen LogP contribution >= 0.6 is 0 Å². The molecule has 0 saturated carbocycles. The van der Waals surface area contributed by atoms with Crippen molar-refractivity contribution < 1.29 is 87.9 Å². The molecule has 0 aliphatic carbocycles. The summed E-state index contributed by atoms with van der Waals surface area (Å²) in [5.74, 6) is 23.6. The van der Waals surface area contributed by atoms with Gasteiger partial charge in [-0.1, -0.05) is 127 Å². The zero-order chi connectivity index (χ0) is 102. The first-order valence-electron chi connectivity index (χ1n) is 52.0. The monoisotopic (exact) mass is 2140 g/mol. The van der Waals surface area contributed by atoms with Crippen molar-refractivity contribution in [1.82, 2.24) is 0 Å². The highest BCUT2D eigenvalue weighted by atomic mass is 32.2. The summed E-state index contributed by atoms with van der Waals surface area (Å²) in [6.45, 7) is 2.96. The first-order valence-corrected chi connectivity index (χ1v) is 62.9. The third-order valence-electron chi connectivity index (χ3n) is 26.8. The molecule has 7 fully saturated rings. The molecule has 21 rings (SSSR count). The lowest BCUT2D eigenvalue weighted by Gasteiger charge is -2.17. The fourth-order valence-electron chi connectivity index (χ4n) is 19.7. The van der Waals surface area contributed by atoms with E-state index in [1.807, 2.05) is 60.7 Å². The summed E-state index contributed by atoms with van der Waals surface area (Å²) in [7, 11) is 10.9. The molecule has 0 bridgehead atoms.